The number of hydrogen-bond acceptors (Lipinski definition) is 4. The molecule has 0 aromatic heterocycles. The SMILES string of the molecule is O=C(O)CN1CCN(CCOc2ccc(Cl)cc2Br)CC1. The molecule has 0 bridgehead atoms. The lowest BCUT2D eigenvalue weighted by Crippen LogP contribution is -2.48. The van der Waals surface area contributed by atoms with Crippen LogP contribution in [-0.2, 0) is 4.79 Å². The first kappa shape index (κ1) is 16.5. The zero-order chi connectivity index (χ0) is 15.2. The first-order valence-electron chi connectivity index (χ1n) is 6.79. The summed E-state index contributed by atoms with van der Waals surface area (Å²) in [6, 6.07) is 5.45. The second-order valence-electron chi connectivity index (χ2n) is 4.93. The van der Waals surface area contributed by atoms with Gasteiger partial charge in [0.1, 0.15) is 12.4 Å². The molecule has 7 heteroatoms. The molecule has 1 saturated heterocycles. The molecule has 1 aliphatic rings. The van der Waals surface area contributed by atoms with Crippen LogP contribution in [0.3, 0.4) is 0 Å². The predicted molar refractivity (Wildman–Crippen MR) is 85.2 cm³/mol. The van der Waals surface area contributed by atoms with E-state index in [1.54, 1.807) is 6.07 Å². The van der Waals surface area contributed by atoms with Crippen LogP contribution >= 0.6 is 27.5 Å². The Morgan fingerprint density at radius 3 is 2.57 bits per heavy atom. The Balaban J connectivity index is 1.69. The van der Waals surface area contributed by atoms with Crippen LogP contribution in [0.5, 0.6) is 5.75 Å². The number of piperazine rings is 1. The Labute approximate surface area is 137 Å². The van der Waals surface area contributed by atoms with Crippen LogP contribution in [-0.4, -0.2) is 66.8 Å². The summed E-state index contributed by atoms with van der Waals surface area (Å²) in [4.78, 5) is 14.9. The van der Waals surface area contributed by atoms with Gasteiger partial charge in [-0.15, -0.1) is 0 Å². The van der Waals surface area contributed by atoms with Crippen molar-refractivity contribution in [3.05, 3.63) is 27.7 Å². The van der Waals surface area contributed by atoms with Gasteiger partial charge in [-0.25, -0.2) is 0 Å². The average molecular weight is 378 g/mol. The van der Waals surface area contributed by atoms with Crippen LogP contribution in [0.2, 0.25) is 5.02 Å². The quantitative estimate of drug-likeness (QED) is 0.823. The van der Waals surface area contributed by atoms with Crippen molar-refractivity contribution in [2.24, 2.45) is 0 Å². The molecule has 1 aromatic rings. The lowest BCUT2D eigenvalue weighted by Gasteiger charge is -2.33. The van der Waals surface area contributed by atoms with Gasteiger partial charge >= 0.3 is 5.97 Å². The summed E-state index contributed by atoms with van der Waals surface area (Å²) in [6.45, 7) is 4.88. The third-order valence-electron chi connectivity index (χ3n) is 3.38. The van der Waals surface area contributed by atoms with Gasteiger partial charge in [-0.3, -0.25) is 14.6 Å². The molecule has 0 amide bonds. The fourth-order valence-electron chi connectivity index (χ4n) is 2.24. The lowest BCUT2D eigenvalue weighted by molar-refractivity contribution is -0.138. The second-order valence-corrected chi connectivity index (χ2v) is 6.23. The fourth-order valence-corrected chi connectivity index (χ4v) is 3.04. The van der Waals surface area contributed by atoms with Gasteiger partial charge in [0.15, 0.2) is 0 Å². The van der Waals surface area contributed by atoms with Crippen molar-refractivity contribution in [2.75, 3.05) is 45.9 Å². The van der Waals surface area contributed by atoms with Gasteiger partial charge in [-0.2, -0.15) is 0 Å². The molecule has 2 rings (SSSR count). The van der Waals surface area contributed by atoms with Gasteiger partial charge in [0.25, 0.3) is 0 Å². The van der Waals surface area contributed by atoms with E-state index >= 15 is 0 Å². The number of benzene rings is 1. The van der Waals surface area contributed by atoms with Crippen molar-refractivity contribution in [3.63, 3.8) is 0 Å². The lowest BCUT2D eigenvalue weighted by atomic mass is 10.3. The van der Waals surface area contributed by atoms with Gasteiger partial charge < -0.3 is 9.84 Å². The molecule has 0 aliphatic carbocycles. The van der Waals surface area contributed by atoms with E-state index in [4.69, 9.17) is 21.4 Å². The van der Waals surface area contributed by atoms with Crippen molar-refractivity contribution in [2.45, 2.75) is 0 Å². The molecule has 116 valence electrons. The standard InChI is InChI=1S/C14H18BrClN2O3/c15-12-9-11(16)1-2-13(12)21-8-7-17-3-5-18(6-4-17)10-14(19)20/h1-2,9H,3-8,10H2,(H,19,20). The molecule has 1 heterocycles. The smallest absolute Gasteiger partial charge is 0.317 e. The van der Waals surface area contributed by atoms with Crippen LogP contribution < -0.4 is 4.74 Å². The largest absolute Gasteiger partial charge is 0.491 e. The number of aliphatic carboxylic acids is 1. The van der Waals surface area contributed by atoms with Gasteiger partial charge in [0.05, 0.1) is 11.0 Å². The number of carboxylic acids is 1. The summed E-state index contributed by atoms with van der Waals surface area (Å²) in [7, 11) is 0. The molecule has 1 fully saturated rings. The van der Waals surface area contributed by atoms with Gasteiger partial charge in [-0.1, -0.05) is 11.6 Å². The van der Waals surface area contributed by atoms with Gasteiger partial charge in [-0.05, 0) is 34.1 Å². The first-order valence-corrected chi connectivity index (χ1v) is 7.96. The van der Waals surface area contributed by atoms with Crippen molar-refractivity contribution >= 4 is 33.5 Å². The number of ether oxygens (including phenoxy) is 1. The molecule has 1 N–H and O–H groups in total. The van der Waals surface area contributed by atoms with E-state index in [-0.39, 0.29) is 6.54 Å². The van der Waals surface area contributed by atoms with Crippen LogP contribution in [0.15, 0.2) is 22.7 Å². The minimum absolute atomic E-state index is 0.127. The van der Waals surface area contributed by atoms with Crippen molar-refractivity contribution in [3.8, 4) is 5.75 Å². The molecule has 1 aromatic carbocycles. The highest BCUT2D eigenvalue weighted by molar-refractivity contribution is 9.10. The average Bonchev–Trinajstić information content (AvgIpc) is 2.42. The van der Waals surface area contributed by atoms with E-state index in [9.17, 15) is 4.79 Å². The Morgan fingerprint density at radius 1 is 1.29 bits per heavy atom. The second kappa shape index (κ2) is 7.98. The summed E-state index contributed by atoms with van der Waals surface area (Å²) in [5.41, 5.74) is 0. The predicted octanol–water partition coefficient (Wildman–Crippen LogP) is 2.18. The number of rotatable bonds is 6. The van der Waals surface area contributed by atoms with E-state index in [0.717, 1.165) is 42.9 Å². The zero-order valence-corrected chi connectivity index (χ0v) is 13.9. The number of halogens is 2. The molecular weight excluding hydrogens is 360 g/mol. The Hall–Kier alpha value is -0.820. The van der Waals surface area contributed by atoms with Gasteiger partial charge in [0, 0.05) is 37.7 Å². The number of carbonyl (C=O) groups is 1. The van der Waals surface area contributed by atoms with Crippen molar-refractivity contribution < 1.29 is 14.6 Å². The topological polar surface area (TPSA) is 53.0 Å². The monoisotopic (exact) mass is 376 g/mol. The summed E-state index contributed by atoms with van der Waals surface area (Å²) < 4.78 is 6.58. The minimum atomic E-state index is -0.764. The normalized spacial score (nSPS) is 16.9. The molecule has 1 aliphatic heterocycles. The Morgan fingerprint density at radius 2 is 1.95 bits per heavy atom. The van der Waals surface area contributed by atoms with E-state index in [1.807, 2.05) is 17.0 Å². The number of nitrogens with zero attached hydrogens (tertiary/aromatic N) is 2. The molecule has 0 saturated carbocycles. The number of carboxylic acid groups (broad SMARTS) is 1. The van der Waals surface area contributed by atoms with Crippen LogP contribution in [0, 0.1) is 0 Å². The third-order valence-corrected chi connectivity index (χ3v) is 4.24. The highest BCUT2D eigenvalue weighted by Crippen LogP contribution is 2.27. The molecule has 0 spiro atoms. The molecule has 0 unspecified atom stereocenters. The summed E-state index contributed by atoms with van der Waals surface area (Å²) in [6.07, 6.45) is 0. The van der Waals surface area contributed by atoms with Crippen molar-refractivity contribution in [1.29, 1.82) is 0 Å². The maximum Gasteiger partial charge on any atom is 0.317 e. The highest BCUT2D eigenvalue weighted by Gasteiger charge is 2.18. The summed E-state index contributed by atoms with van der Waals surface area (Å²) in [5, 5.41) is 9.43. The Bertz CT molecular complexity index is 493. The molecule has 0 atom stereocenters. The minimum Gasteiger partial charge on any atom is -0.491 e. The van der Waals surface area contributed by atoms with E-state index in [0.29, 0.717) is 11.6 Å². The van der Waals surface area contributed by atoms with E-state index in [2.05, 4.69) is 20.8 Å². The van der Waals surface area contributed by atoms with E-state index in [1.165, 1.54) is 0 Å². The fraction of sp³-hybridized carbons (Fsp3) is 0.500. The Kier molecular flexibility index (Phi) is 6.29. The summed E-state index contributed by atoms with van der Waals surface area (Å²) in [5.74, 6) is 0.0169. The van der Waals surface area contributed by atoms with Crippen LogP contribution in [0.25, 0.3) is 0 Å². The molecule has 5 nitrogen and oxygen atoms in total. The first-order chi connectivity index (χ1) is 10.0. The summed E-state index contributed by atoms with van der Waals surface area (Å²) >= 11 is 9.30. The maximum absolute atomic E-state index is 10.6. The maximum atomic E-state index is 10.6. The van der Waals surface area contributed by atoms with Crippen LogP contribution in [0.4, 0.5) is 0 Å². The molecule has 21 heavy (non-hydrogen) atoms. The van der Waals surface area contributed by atoms with Crippen molar-refractivity contribution in [1.82, 2.24) is 9.80 Å². The number of hydrogen-bond donors (Lipinski definition) is 1. The third kappa shape index (κ3) is 5.47. The molecular formula is C14H18BrClN2O3. The molecule has 0 radical (unpaired) electrons. The van der Waals surface area contributed by atoms with E-state index < -0.39 is 5.97 Å². The van der Waals surface area contributed by atoms with Gasteiger partial charge in [0.2, 0.25) is 0 Å². The zero-order valence-electron chi connectivity index (χ0n) is 11.6. The highest BCUT2D eigenvalue weighted by atomic mass is 79.9. The van der Waals surface area contributed by atoms with Crippen LogP contribution in [0.1, 0.15) is 0 Å².